The molecule has 2 aromatic rings. The lowest BCUT2D eigenvalue weighted by Crippen LogP contribution is -2.26. The van der Waals surface area contributed by atoms with Gasteiger partial charge in [0, 0.05) is 24.0 Å². The van der Waals surface area contributed by atoms with Gasteiger partial charge in [-0.15, -0.1) is 0 Å². The molecule has 4 heteroatoms. The van der Waals surface area contributed by atoms with Gasteiger partial charge in [0.05, 0.1) is 17.1 Å². The van der Waals surface area contributed by atoms with Gasteiger partial charge in [0.1, 0.15) is 0 Å². The minimum atomic E-state index is -0.358. The smallest absolute Gasteiger partial charge is 0.238 e. The van der Waals surface area contributed by atoms with Crippen molar-refractivity contribution < 1.29 is 4.79 Å². The fourth-order valence-corrected chi connectivity index (χ4v) is 4.18. The average Bonchev–Trinajstić information content (AvgIpc) is 3.17. The van der Waals surface area contributed by atoms with E-state index in [1.807, 2.05) is 18.1 Å². The molecular weight excluding hydrogens is 286 g/mol. The summed E-state index contributed by atoms with van der Waals surface area (Å²) in [5.74, 6) is 0.488. The van der Waals surface area contributed by atoms with Crippen molar-refractivity contribution in [3.05, 3.63) is 65.5 Å². The number of allylic oxidation sites excluding steroid dienone is 4. The minimum absolute atomic E-state index is 0.230. The summed E-state index contributed by atoms with van der Waals surface area (Å²) < 4.78 is 0. The van der Waals surface area contributed by atoms with Gasteiger partial charge in [0.2, 0.25) is 5.91 Å². The van der Waals surface area contributed by atoms with Crippen molar-refractivity contribution in [3.63, 3.8) is 0 Å². The van der Waals surface area contributed by atoms with E-state index in [9.17, 15) is 4.79 Å². The molecule has 114 valence electrons. The molecule has 2 aliphatic carbocycles. The molecule has 0 radical (unpaired) electrons. The molecule has 1 amide bonds. The molecule has 23 heavy (non-hydrogen) atoms. The lowest BCUT2D eigenvalue weighted by molar-refractivity contribution is -0.130. The van der Waals surface area contributed by atoms with Crippen LogP contribution in [0.15, 0.2) is 60.0 Å². The second-order valence-electron chi connectivity index (χ2n) is 6.65. The molecule has 1 N–H and O–H groups in total. The number of hydrogen-bond donors (Lipinski definition) is 1. The van der Waals surface area contributed by atoms with Crippen molar-refractivity contribution in [2.24, 2.45) is 5.41 Å². The number of carbonyl (C=O) groups is 1. The molecular formula is C19H17N3O. The van der Waals surface area contributed by atoms with E-state index in [1.54, 1.807) is 0 Å². The first-order valence-corrected chi connectivity index (χ1v) is 8.01. The van der Waals surface area contributed by atoms with Gasteiger partial charge < -0.3 is 4.90 Å². The molecule has 1 aromatic heterocycles. The van der Waals surface area contributed by atoms with Gasteiger partial charge in [-0.25, -0.2) is 0 Å². The highest BCUT2D eigenvalue weighted by Gasteiger charge is 2.66. The second-order valence-corrected chi connectivity index (χ2v) is 6.65. The van der Waals surface area contributed by atoms with Crippen molar-refractivity contribution in [2.75, 3.05) is 7.05 Å². The zero-order valence-corrected chi connectivity index (χ0v) is 12.9. The van der Waals surface area contributed by atoms with Crippen LogP contribution in [0.25, 0.3) is 10.9 Å². The quantitative estimate of drug-likeness (QED) is 0.879. The largest absolute Gasteiger partial charge is 0.314 e. The number of aromatic nitrogens is 2. The highest BCUT2D eigenvalue weighted by atomic mass is 16.2. The minimum Gasteiger partial charge on any atom is -0.314 e. The summed E-state index contributed by atoms with van der Waals surface area (Å²) in [4.78, 5) is 14.8. The number of nitrogens with zero attached hydrogens (tertiary/aromatic N) is 2. The lowest BCUT2D eigenvalue weighted by atomic mass is 9.90. The van der Waals surface area contributed by atoms with Crippen molar-refractivity contribution in [1.29, 1.82) is 0 Å². The van der Waals surface area contributed by atoms with E-state index >= 15 is 0 Å². The molecule has 0 saturated heterocycles. The third-order valence-corrected chi connectivity index (χ3v) is 5.47. The summed E-state index contributed by atoms with van der Waals surface area (Å²) in [6, 6.07) is 6.37. The number of amides is 1. The Kier molecular flexibility index (Phi) is 2.36. The normalized spacial score (nSPS) is 28.8. The van der Waals surface area contributed by atoms with Crippen LogP contribution in [0.4, 0.5) is 0 Å². The Bertz CT molecular complexity index is 933. The van der Waals surface area contributed by atoms with Crippen molar-refractivity contribution in [2.45, 2.75) is 18.8 Å². The third kappa shape index (κ3) is 1.55. The Balaban J connectivity index is 1.62. The van der Waals surface area contributed by atoms with Gasteiger partial charge in [-0.1, -0.05) is 30.4 Å². The number of rotatable bonds is 1. The molecule has 3 aliphatic rings. The van der Waals surface area contributed by atoms with Gasteiger partial charge >= 0.3 is 0 Å². The van der Waals surface area contributed by atoms with E-state index in [0.717, 1.165) is 29.4 Å². The third-order valence-electron chi connectivity index (χ3n) is 5.47. The van der Waals surface area contributed by atoms with E-state index in [1.165, 1.54) is 11.1 Å². The zero-order chi connectivity index (χ0) is 15.6. The predicted octanol–water partition coefficient (Wildman–Crippen LogP) is 3.28. The van der Waals surface area contributed by atoms with E-state index < -0.39 is 0 Å². The van der Waals surface area contributed by atoms with E-state index in [-0.39, 0.29) is 17.2 Å². The second kappa shape index (κ2) is 4.22. The summed E-state index contributed by atoms with van der Waals surface area (Å²) in [5, 5.41) is 8.22. The first-order chi connectivity index (χ1) is 11.2. The fourth-order valence-electron chi connectivity index (χ4n) is 4.18. The topological polar surface area (TPSA) is 49.0 Å². The maximum absolute atomic E-state index is 13.0. The van der Waals surface area contributed by atoms with Gasteiger partial charge in [0.25, 0.3) is 0 Å². The van der Waals surface area contributed by atoms with Gasteiger partial charge in [-0.05, 0) is 36.1 Å². The Morgan fingerprint density at radius 3 is 3.09 bits per heavy atom. The fraction of sp³-hybridized carbons (Fsp3) is 0.263. The van der Waals surface area contributed by atoms with Crippen LogP contribution in [0, 0.1) is 5.41 Å². The lowest BCUT2D eigenvalue weighted by Gasteiger charge is -2.14. The molecule has 1 saturated carbocycles. The van der Waals surface area contributed by atoms with E-state index in [4.69, 9.17) is 0 Å². The standard InChI is InChI=1S/C19H17N3O/c1-22-17-6-4-2-3-5-14(17)19(18(22)23)10-15(19)12-7-8-13-11-20-21-16(13)9-12/h3-9,11,15H,2,10H2,1H3,(H,20,21). The molecule has 0 bridgehead atoms. The van der Waals surface area contributed by atoms with Crippen LogP contribution in [-0.2, 0) is 4.79 Å². The molecule has 5 rings (SSSR count). The number of likely N-dealkylation sites (N-methyl/N-ethyl adjacent to an activating group) is 1. The van der Waals surface area contributed by atoms with Crippen LogP contribution in [0.2, 0.25) is 0 Å². The molecule has 1 fully saturated rings. The van der Waals surface area contributed by atoms with Crippen LogP contribution in [0.5, 0.6) is 0 Å². The molecule has 1 aliphatic heterocycles. The van der Waals surface area contributed by atoms with E-state index in [0.29, 0.717) is 0 Å². The van der Waals surface area contributed by atoms with Crippen molar-refractivity contribution in [3.8, 4) is 0 Å². The number of aromatic amines is 1. The number of nitrogens with one attached hydrogen (secondary N) is 1. The Morgan fingerprint density at radius 2 is 2.17 bits per heavy atom. The SMILES string of the molecule is CN1C(=O)C2(CC2c2ccc3cn[nH]c3c2)C2=C1C=CCC=C2. The molecule has 2 atom stereocenters. The highest BCUT2D eigenvalue weighted by Crippen LogP contribution is 2.68. The number of carbonyl (C=O) groups excluding carboxylic acids is 1. The van der Waals surface area contributed by atoms with Crippen molar-refractivity contribution in [1.82, 2.24) is 15.1 Å². The molecule has 2 unspecified atom stereocenters. The first-order valence-electron chi connectivity index (χ1n) is 8.01. The number of H-pyrrole nitrogens is 1. The Hall–Kier alpha value is -2.62. The van der Waals surface area contributed by atoms with Crippen LogP contribution < -0.4 is 0 Å². The molecule has 1 spiro atoms. The van der Waals surface area contributed by atoms with Gasteiger partial charge in [-0.3, -0.25) is 9.89 Å². The van der Waals surface area contributed by atoms with Crippen LogP contribution in [0.1, 0.15) is 24.3 Å². The summed E-state index contributed by atoms with van der Waals surface area (Å²) in [6.45, 7) is 0. The highest BCUT2D eigenvalue weighted by molar-refractivity contribution is 5.97. The molecule has 1 aromatic carbocycles. The number of hydrogen-bond acceptors (Lipinski definition) is 2. The Morgan fingerprint density at radius 1 is 1.30 bits per heavy atom. The summed E-state index contributed by atoms with van der Waals surface area (Å²) >= 11 is 0. The summed E-state index contributed by atoms with van der Waals surface area (Å²) in [5.41, 5.74) is 4.15. The van der Waals surface area contributed by atoms with Crippen LogP contribution in [-0.4, -0.2) is 28.1 Å². The maximum atomic E-state index is 13.0. The van der Waals surface area contributed by atoms with Crippen LogP contribution >= 0.6 is 0 Å². The Labute approximate surface area is 134 Å². The zero-order valence-electron chi connectivity index (χ0n) is 12.9. The monoisotopic (exact) mass is 303 g/mol. The predicted molar refractivity (Wildman–Crippen MR) is 88.6 cm³/mol. The van der Waals surface area contributed by atoms with Gasteiger partial charge in [0.15, 0.2) is 0 Å². The molecule has 2 heterocycles. The van der Waals surface area contributed by atoms with Crippen LogP contribution in [0.3, 0.4) is 0 Å². The number of fused-ring (bicyclic) bond motifs is 2. The first kappa shape index (κ1) is 12.9. The maximum Gasteiger partial charge on any atom is 0.238 e. The number of benzene rings is 1. The molecule has 4 nitrogen and oxygen atoms in total. The van der Waals surface area contributed by atoms with Crippen molar-refractivity contribution >= 4 is 16.8 Å². The summed E-state index contributed by atoms with van der Waals surface area (Å²) in [7, 11) is 1.89. The average molecular weight is 303 g/mol. The summed E-state index contributed by atoms with van der Waals surface area (Å²) in [6.07, 6.45) is 12.2. The van der Waals surface area contributed by atoms with E-state index in [2.05, 4.69) is 52.7 Å². The van der Waals surface area contributed by atoms with Gasteiger partial charge in [-0.2, -0.15) is 5.10 Å².